The van der Waals surface area contributed by atoms with Crippen LogP contribution in [-0.2, 0) is 24.2 Å². The standard InChI is InChI=1S/C28H38N2O6S.C4H10.2C2H6/c1-20-8-4-5-10-23(20)24-13-11-21(18-30-16-7-6-9-22(30)19-36-2)12-14-25(24)27(31)29-26(28(32)33)15-17-37(3,34)35;1-3-4-2;2*1-2/h4-5,8,10-12,14,22,26H,6-7,9,13,15-19H2,1-3H3,(H,29,31)(H,32,33);3-4H2,1-2H3;2*1-2H3. The minimum atomic E-state index is -3.37. The predicted molar refractivity (Wildman–Crippen MR) is 188 cm³/mol. The number of ether oxygens (including phenoxy) is 1. The van der Waals surface area contributed by atoms with E-state index in [2.05, 4.69) is 30.1 Å². The van der Waals surface area contributed by atoms with Crippen LogP contribution in [0.5, 0.6) is 0 Å². The second kappa shape index (κ2) is 23.6. The molecule has 0 aromatic heterocycles. The van der Waals surface area contributed by atoms with E-state index >= 15 is 0 Å². The monoisotopic (exact) mass is 648 g/mol. The summed E-state index contributed by atoms with van der Waals surface area (Å²) in [5.74, 6) is -2.12. The molecule has 1 aromatic carbocycles. The molecule has 1 aromatic rings. The molecule has 2 aliphatic rings. The number of piperidine rings is 1. The molecular weight excluding hydrogens is 588 g/mol. The van der Waals surface area contributed by atoms with Gasteiger partial charge in [-0.05, 0) is 67.5 Å². The van der Waals surface area contributed by atoms with Gasteiger partial charge in [0.05, 0.1) is 12.4 Å². The number of carboxylic acid groups (broad SMARTS) is 1. The summed E-state index contributed by atoms with van der Waals surface area (Å²) in [5, 5.41) is 12.2. The number of amides is 1. The third-order valence-electron chi connectivity index (χ3n) is 7.45. The maximum atomic E-state index is 13.4. The average Bonchev–Trinajstić information content (AvgIpc) is 3.24. The second-order valence-corrected chi connectivity index (χ2v) is 13.1. The highest BCUT2D eigenvalue weighted by molar-refractivity contribution is 7.90. The molecule has 2 unspecified atom stereocenters. The van der Waals surface area contributed by atoms with E-state index in [1.807, 2.05) is 65.0 Å². The zero-order valence-corrected chi connectivity index (χ0v) is 30.1. The summed E-state index contributed by atoms with van der Waals surface area (Å²) in [7, 11) is -1.65. The molecule has 0 saturated carbocycles. The molecule has 1 amide bonds. The molecule has 3 rings (SSSR count). The van der Waals surface area contributed by atoms with Crippen LogP contribution in [0.25, 0.3) is 5.57 Å². The molecule has 2 atom stereocenters. The number of rotatable bonds is 12. The number of methoxy groups -OCH3 is 1. The summed E-state index contributed by atoms with van der Waals surface area (Å²) < 4.78 is 28.6. The number of aliphatic carboxylic acids is 1. The fourth-order valence-corrected chi connectivity index (χ4v) is 5.57. The third-order valence-corrected chi connectivity index (χ3v) is 8.42. The number of allylic oxidation sites excluding steroid dienone is 2. The summed E-state index contributed by atoms with van der Waals surface area (Å²) >= 11 is 0. The maximum absolute atomic E-state index is 13.4. The summed E-state index contributed by atoms with van der Waals surface area (Å²) in [5.41, 5.74) is 4.22. The largest absolute Gasteiger partial charge is 0.480 e. The minimum Gasteiger partial charge on any atom is -0.480 e. The lowest BCUT2D eigenvalue weighted by molar-refractivity contribution is -0.141. The Labute approximate surface area is 273 Å². The lowest BCUT2D eigenvalue weighted by atomic mass is 9.93. The Morgan fingerprint density at radius 2 is 1.71 bits per heavy atom. The molecule has 8 nitrogen and oxygen atoms in total. The minimum absolute atomic E-state index is 0.198. The maximum Gasteiger partial charge on any atom is 0.326 e. The van der Waals surface area contributed by atoms with E-state index in [9.17, 15) is 23.1 Å². The number of likely N-dealkylation sites (tertiary alicyclic amines) is 1. The number of benzene rings is 1. The number of sulfone groups is 1. The van der Waals surface area contributed by atoms with E-state index in [4.69, 9.17) is 4.74 Å². The molecule has 1 fully saturated rings. The van der Waals surface area contributed by atoms with Gasteiger partial charge >= 0.3 is 5.97 Å². The van der Waals surface area contributed by atoms with Crippen molar-refractivity contribution in [3.8, 4) is 0 Å². The molecule has 0 radical (unpaired) electrons. The van der Waals surface area contributed by atoms with E-state index in [0.717, 1.165) is 54.5 Å². The highest BCUT2D eigenvalue weighted by atomic mass is 32.2. The van der Waals surface area contributed by atoms with Crippen LogP contribution >= 0.6 is 0 Å². The topological polar surface area (TPSA) is 113 Å². The van der Waals surface area contributed by atoms with Crippen LogP contribution in [0.2, 0.25) is 0 Å². The lowest BCUT2D eigenvalue weighted by Crippen LogP contribution is -2.43. The molecule has 1 heterocycles. The van der Waals surface area contributed by atoms with Crippen molar-refractivity contribution < 1.29 is 27.9 Å². The third kappa shape index (κ3) is 15.9. The van der Waals surface area contributed by atoms with E-state index in [0.29, 0.717) is 24.6 Å². The molecule has 256 valence electrons. The SMILES string of the molecule is CC.CC.CCCC.COCC1CCCCN1CC1=CCC(c2ccccc2C)=C(C(=O)NC(CCS(C)(=O)=O)C(=O)O)C=C1. The summed E-state index contributed by atoms with van der Waals surface area (Å²) in [4.78, 5) is 27.7. The van der Waals surface area contributed by atoms with E-state index in [1.54, 1.807) is 13.2 Å². The van der Waals surface area contributed by atoms with E-state index < -0.39 is 27.8 Å². The first-order valence-corrected chi connectivity index (χ1v) is 18.7. The predicted octanol–water partition coefficient (Wildman–Crippen LogP) is 7.00. The zero-order valence-electron chi connectivity index (χ0n) is 29.3. The number of aryl methyl sites for hydroxylation is 1. The molecule has 2 N–H and O–H groups in total. The number of hydrogen-bond acceptors (Lipinski definition) is 6. The highest BCUT2D eigenvalue weighted by Gasteiger charge is 2.26. The Kier molecular flexibility index (Phi) is 22.1. The van der Waals surface area contributed by atoms with Gasteiger partial charge in [0.1, 0.15) is 15.9 Å². The molecule has 1 aliphatic heterocycles. The van der Waals surface area contributed by atoms with Crippen LogP contribution in [0.3, 0.4) is 0 Å². The van der Waals surface area contributed by atoms with Crippen molar-refractivity contribution in [3.05, 3.63) is 64.8 Å². The first-order chi connectivity index (χ1) is 21.5. The van der Waals surface area contributed by atoms with Crippen molar-refractivity contribution in [1.82, 2.24) is 10.2 Å². The fraction of sp³-hybridized carbons (Fsp3) is 0.611. The van der Waals surface area contributed by atoms with Gasteiger partial charge in [0.25, 0.3) is 5.91 Å². The van der Waals surface area contributed by atoms with Crippen molar-refractivity contribution in [2.45, 2.75) is 105 Å². The lowest BCUT2D eigenvalue weighted by Gasteiger charge is -2.35. The van der Waals surface area contributed by atoms with Crippen molar-refractivity contribution in [2.24, 2.45) is 0 Å². The van der Waals surface area contributed by atoms with Crippen LogP contribution in [0.4, 0.5) is 0 Å². The normalized spacial score (nSPS) is 17.2. The molecule has 1 aliphatic carbocycles. The van der Waals surface area contributed by atoms with Gasteiger partial charge in [-0.2, -0.15) is 0 Å². The Balaban J connectivity index is 0.00000220. The number of carboxylic acids is 1. The number of carbonyl (C=O) groups excluding carboxylic acids is 1. The second-order valence-electron chi connectivity index (χ2n) is 10.9. The average molecular weight is 649 g/mol. The van der Waals surface area contributed by atoms with E-state index in [-0.39, 0.29) is 12.2 Å². The smallest absolute Gasteiger partial charge is 0.326 e. The van der Waals surface area contributed by atoms with Gasteiger partial charge in [0.15, 0.2) is 0 Å². The molecule has 0 bridgehead atoms. The molecule has 9 heteroatoms. The number of nitrogens with one attached hydrogen (secondary N) is 1. The first kappa shape index (κ1) is 42.2. The molecule has 1 saturated heterocycles. The molecule has 45 heavy (non-hydrogen) atoms. The summed E-state index contributed by atoms with van der Waals surface area (Å²) in [6, 6.07) is 6.84. The Hall–Kier alpha value is -2.75. The molecule has 0 spiro atoms. The Morgan fingerprint density at radius 1 is 1.07 bits per heavy atom. The number of carbonyl (C=O) groups is 2. The molecular formula is C36H60N2O6S. The Bertz CT molecular complexity index is 1220. The first-order valence-electron chi connectivity index (χ1n) is 16.6. The van der Waals surface area contributed by atoms with Crippen LogP contribution in [-0.4, -0.2) is 81.2 Å². The number of hydrogen-bond donors (Lipinski definition) is 2. The van der Waals surface area contributed by atoms with Gasteiger partial charge in [0.2, 0.25) is 0 Å². The Morgan fingerprint density at radius 3 is 2.27 bits per heavy atom. The fourth-order valence-electron chi connectivity index (χ4n) is 4.91. The van der Waals surface area contributed by atoms with E-state index in [1.165, 1.54) is 19.3 Å². The van der Waals surface area contributed by atoms with Crippen LogP contribution in [0.15, 0.2) is 53.6 Å². The summed E-state index contributed by atoms with van der Waals surface area (Å²) in [6.45, 7) is 16.8. The number of nitrogens with zero attached hydrogens (tertiary/aromatic N) is 1. The van der Waals surface area contributed by atoms with Gasteiger partial charge in [-0.25, -0.2) is 13.2 Å². The van der Waals surface area contributed by atoms with Crippen molar-refractivity contribution in [2.75, 3.05) is 38.8 Å². The van der Waals surface area contributed by atoms with Crippen LogP contribution < -0.4 is 5.32 Å². The zero-order chi connectivity index (χ0) is 34.4. The van der Waals surface area contributed by atoms with Gasteiger partial charge in [-0.3, -0.25) is 9.69 Å². The van der Waals surface area contributed by atoms with Crippen molar-refractivity contribution in [1.29, 1.82) is 0 Å². The van der Waals surface area contributed by atoms with Gasteiger partial charge in [0, 0.05) is 31.5 Å². The van der Waals surface area contributed by atoms with Gasteiger partial charge in [-0.1, -0.05) is 97.2 Å². The van der Waals surface area contributed by atoms with Crippen LogP contribution in [0.1, 0.15) is 97.6 Å². The van der Waals surface area contributed by atoms with Gasteiger partial charge in [-0.15, -0.1) is 0 Å². The number of unbranched alkanes of at least 4 members (excludes halogenated alkanes) is 1. The van der Waals surface area contributed by atoms with Crippen LogP contribution in [0, 0.1) is 6.92 Å². The highest BCUT2D eigenvalue weighted by Crippen LogP contribution is 2.30. The van der Waals surface area contributed by atoms with Crippen molar-refractivity contribution >= 4 is 27.3 Å². The summed E-state index contributed by atoms with van der Waals surface area (Å²) in [6.07, 6.45) is 13.3. The van der Waals surface area contributed by atoms with Crippen molar-refractivity contribution in [3.63, 3.8) is 0 Å². The quantitative estimate of drug-likeness (QED) is 0.251. The van der Waals surface area contributed by atoms with Gasteiger partial charge < -0.3 is 15.2 Å².